The second-order valence-corrected chi connectivity index (χ2v) is 5.22. The molecule has 2 aromatic heterocycles. The van der Waals surface area contributed by atoms with E-state index in [0.29, 0.717) is 6.04 Å². The average Bonchev–Trinajstić information content (AvgIpc) is 2.95. The Bertz CT molecular complexity index is 565. The van der Waals surface area contributed by atoms with E-state index in [-0.39, 0.29) is 0 Å². The van der Waals surface area contributed by atoms with Crippen molar-refractivity contribution in [1.29, 1.82) is 0 Å². The lowest BCUT2D eigenvalue weighted by atomic mass is 10.2. The number of fused-ring (bicyclic) bond motifs is 1. The van der Waals surface area contributed by atoms with Crippen molar-refractivity contribution in [2.75, 3.05) is 44.8 Å². The van der Waals surface area contributed by atoms with Crippen LogP contribution in [0.15, 0.2) is 12.4 Å². The summed E-state index contributed by atoms with van der Waals surface area (Å²) in [6.07, 6.45) is 3.53. The summed E-state index contributed by atoms with van der Waals surface area (Å²) in [5.41, 5.74) is 0.779. The Labute approximate surface area is 117 Å². The van der Waals surface area contributed by atoms with Crippen LogP contribution in [0.5, 0.6) is 0 Å². The van der Waals surface area contributed by atoms with Crippen molar-refractivity contribution < 1.29 is 4.74 Å². The zero-order valence-corrected chi connectivity index (χ0v) is 11.9. The smallest absolute Gasteiger partial charge is 0.227 e. The van der Waals surface area contributed by atoms with Crippen molar-refractivity contribution in [1.82, 2.24) is 25.1 Å². The quantitative estimate of drug-likeness (QED) is 0.877. The predicted molar refractivity (Wildman–Crippen MR) is 76.8 cm³/mol. The highest BCUT2D eigenvalue weighted by Gasteiger charge is 2.19. The first-order valence-electron chi connectivity index (χ1n) is 6.93. The highest BCUT2D eigenvalue weighted by molar-refractivity contribution is 5.73. The Morgan fingerprint density at radius 3 is 3.00 bits per heavy atom. The molecule has 1 atom stereocenters. The fraction of sp³-hybridized carbons (Fsp3) is 0.615. The first kappa shape index (κ1) is 13.3. The predicted octanol–water partition coefficient (Wildman–Crippen LogP) is 0.510. The molecule has 1 N–H and O–H groups in total. The number of H-pyrrole nitrogens is 1. The second kappa shape index (κ2) is 5.72. The molecular formula is C13H20N6O. The van der Waals surface area contributed by atoms with Gasteiger partial charge in [0.25, 0.3) is 0 Å². The number of nitrogens with zero attached hydrogens (tertiary/aromatic N) is 5. The molecule has 1 saturated heterocycles. The van der Waals surface area contributed by atoms with Gasteiger partial charge in [-0.05, 0) is 6.92 Å². The summed E-state index contributed by atoms with van der Waals surface area (Å²) in [5, 5.41) is 7.78. The van der Waals surface area contributed by atoms with Crippen LogP contribution in [0.4, 0.5) is 5.95 Å². The maximum atomic E-state index is 5.39. The van der Waals surface area contributed by atoms with E-state index in [9.17, 15) is 0 Å². The molecule has 1 unspecified atom stereocenters. The maximum Gasteiger partial charge on any atom is 0.227 e. The van der Waals surface area contributed by atoms with Crippen LogP contribution in [0, 0.1) is 0 Å². The van der Waals surface area contributed by atoms with E-state index in [4.69, 9.17) is 4.74 Å². The number of hydrogen-bond acceptors (Lipinski definition) is 6. The lowest BCUT2D eigenvalue weighted by Gasteiger charge is -2.34. The molecule has 108 valence electrons. The molecule has 0 aromatic carbocycles. The van der Waals surface area contributed by atoms with Crippen LogP contribution >= 0.6 is 0 Å². The number of nitrogens with one attached hydrogen (secondary N) is 1. The highest BCUT2D eigenvalue weighted by atomic mass is 16.5. The largest absolute Gasteiger partial charge is 0.379 e. The summed E-state index contributed by atoms with van der Waals surface area (Å²) in [4.78, 5) is 13.4. The molecule has 1 aliphatic heterocycles. The van der Waals surface area contributed by atoms with Crippen molar-refractivity contribution in [2.45, 2.75) is 13.0 Å². The van der Waals surface area contributed by atoms with Gasteiger partial charge >= 0.3 is 0 Å². The van der Waals surface area contributed by atoms with Crippen molar-refractivity contribution in [2.24, 2.45) is 0 Å². The number of ether oxygens (including phenoxy) is 1. The Kier molecular flexibility index (Phi) is 3.79. The highest BCUT2D eigenvalue weighted by Crippen LogP contribution is 2.13. The van der Waals surface area contributed by atoms with Gasteiger partial charge in [-0.2, -0.15) is 10.1 Å². The van der Waals surface area contributed by atoms with Gasteiger partial charge in [0.15, 0.2) is 5.65 Å². The lowest BCUT2D eigenvalue weighted by Crippen LogP contribution is -2.47. The molecule has 0 bridgehead atoms. The van der Waals surface area contributed by atoms with E-state index < -0.39 is 0 Å². The topological polar surface area (TPSA) is 70.2 Å². The molecule has 1 fully saturated rings. The van der Waals surface area contributed by atoms with Crippen molar-refractivity contribution in [3.63, 3.8) is 0 Å². The molecule has 3 heterocycles. The average molecular weight is 276 g/mol. The van der Waals surface area contributed by atoms with Gasteiger partial charge < -0.3 is 9.64 Å². The van der Waals surface area contributed by atoms with Gasteiger partial charge in [-0.15, -0.1) is 0 Å². The summed E-state index contributed by atoms with van der Waals surface area (Å²) in [7, 11) is 2.02. The number of anilines is 1. The van der Waals surface area contributed by atoms with E-state index >= 15 is 0 Å². The van der Waals surface area contributed by atoms with Crippen molar-refractivity contribution in [3.8, 4) is 0 Å². The van der Waals surface area contributed by atoms with Crippen LogP contribution < -0.4 is 4.90 Å². The number of aromatic amines is 1. The molecule has 7 nitrogen and oxygen atoms in total. The normalized spacial score (nSPS) is 18.3. The van der Waals surface area contributed by atoms with Crippen LogP contribution in [0.3, 0.4) is 0 Å². The minimum Gasteiger partial charge on any atom is -0.379 e. The molecule has 3 rings (SSSR count). The van der Waals surface area contributed by atoms with Gasteiger partial charge in [0.05, 0.1) is 24.8 Å². The second-order valence-electron chi connectivity index (χ2n) is 5.22. The minimum absolute atomic E-state index is 0.449. The first-order chi connectivity index (χ1) is 9.74. The molecule has 1 aliphatic rings. The number of aromatic nitrogens is 4. The van der Waals surface area contributed by atoms with Gasteiger partial charge in [0, 0.05) is 38.9 Å². The maximum absolute atomic E-state index is 5.39. The lowest BCUT2D eigenvalue weighted by molar-refractivity contribution is 0.0217. The van der Waals surface area contributed by atoms with Crippen LogP contribution in [0.2, 0.25) is 0 Å². The van der Waals surface area contributed by atoms with Gasteiger partial charge in [-0.1, -0.05) is 0 Å². The Balaban J connectivity index is 1.66. The van der Waals surface area contributed by atoms with E-state index in [1.54, 1.807) is 12.4 Å². The SMILES string of the molecule is CC(CN(C)c1ncc2cn[nH]c2n1)N1CCOCC1. The van der Waals surface area contributed by atoms with Gasteiger partial charge in [0.1, 0.15) is 0 Å². The van der Waals surface area contributed by atoms with Crippen LogP contribution in [-0.4, -0.2) is 71.0 Å². The van der Waals surface area contributed by atoms with Crippen molar-refractivity contribution in [3.05, 3.63) is 12.4 Å². The molecule has 20 heavy (non-hydrogen) atoms. The fourth-order valence-corrected chi connectivity index (χ4v) is 2.52. The molecule has 7 heteroatoms. The Morgan fingerprint density at radius 1 is 1.40 bits per heavy atom. The number of likely N-dealkylation sites (N-methyl/N-ethyl adjacent to an activating group) is 1. The third-order valence-electron chi connectivity index (χ3n) is 3.73. The first-order valence-corrected chi connectivity index (χ1v) is 6.93. The molecule has 2 aromatic rings. The Morgan fingerprint density at radius 2 is 2.20 bits per heavy atom. The standard InChI is InChI=1S/C13H20N6O/c1-10(19-3-5-20-6-4-19)9-18(2)13-14-7-11-8-15-17-12(11)16-13/h7-8,10H,3-6,9H2,1-2H3,(H,14,15,16,17). The number of rotatable bonds is 4. The molecule has 0 radical (unpaired) electrons. The van der Waals surface area contributed by atoms with E-state index in [1.807, 2.05) is 7.05 Å². The monoisotopic (exact) mass is 276 g/mol. The van der Waals surface area contributed by atoms with Gasteiger partial charge in [-0.25, -0.2) is 4.98 Å². The summed E-state index contributed by atoms with van der Waals surface area (Å²) < 4.78 is 5.39. The zero-order valence-electron chi connectivity index (χ0n) is 11.9. The molecule has 0 saturated carbocycles. The van der Waals surface area contributed by atoms with Crippen LogP contribution in [0.1, 0.15) is 6.92 Å². The van der Waals surface area contributed by atoms with Crippen LogP contribution in [0.25, 0.3) is 11.0 Å². The zero-order chi connectivity index (χ0) is 13.9. The molecule has 0 amide bonds. The van der Waals surface area contributed by atoms with E-state index in [1.165, 1.54) is 0 Å². The summed E-state index contributed by atoms with van der Waals surface area (Å²) in [6.45, 7) is 6.76. The number of hydrogen-bond donors (Lipinski definition) is 1. The molecule has 0 spiro atoms. The van der Waals surface area contributed by atoms with Crippen molar-refractivity contribution >= 4 is 17.0 Å². The van der Waals surface area contributed by atoms with E-state index in [2.05, 4.69) is 36.9 Å². The fourth-order valence-electron chi connectivity index (χ4n) is 2.52. The Hall–Kier alpha value is -1.73. The van der Waals surface area contributed by atoms with Crippen LogP contribution in [-0.2, 0) is 4.74 Å². The van der Waals surface area contributed by atoms with Gasteiger partial charge in [-0.3, -0.25) is 10.00 Å². The number of morpholine rings is 1. The minimum atomic E-state index is 0.449. The summed E-state index contributed by atoms with van der Waals surface area (Å²) >= 11 is 0. The van der Waals surface area contributed by atoms with E-state index in [0.717, 1.165) is 49.8 Å². The third-order valence-corrected chi connectivity index (χ3v) is 3.73. The molecular weight excluding hydrogens is 256 g/mol. The molecule has 0 aliphatic carbocycles. The third kappa shape index (κ3) is 2.73. The summed E-state index contributed by atoms with van der Waals surface area (Å²) in [5.74, 6) is 0.724. The van der Waals surface area contributed by atoms with Gasteiger partial charge in [0.2, 0.25) is 5.95 Å². The summed E-state index contributed by atoms with van der Waals surface area (Å²) in [6, 6.07) is 0.449.